The van der Waals surface area contributed by atoms with E-state index in [1.54, 1.807) is 7.05 Å². The van der Waals surface area contributed by atoms with Gasteiger partial charge in [-0.25, -0.2) is 9.78 Å². The molecule has 1 N–H and O–H groups in total. The third-order valence-corrected chi connectivity index (χ3v) is 5.87. The fourth-order valence-electron chi connectivity index (χ4n) is 3.57. The first-order chi connectivity index (χ1) is 11.6. The number of nitrogens with one attached hydrogen (secondary N) is 1. The second-order valence-corrected chi connectivity index (χ2v) is 7.39. The number of thiazole rings is 1. The first kappa shape index (κ1) is 15.6. The lowest BCUT2D eigenvalue weighted by atomic mass is 9.95. The van der Waals surface area contributed by atoms with Gasteiger partial charge in [0.15, 0.2) is 16.1 Å². The summed E-state index contributed by atoms with van der Waals surface area (Å²) in [7, 11) is 3.16. The van der Waals surface area contributed by atoms with Crippen LogP contribution in [-0.4, -0.2) is 24.6 Å². The summed E-state index contributed by atoms with van der Waals surface area (Å²) in [6.07, 6.45) is 6.33. The maximum atomic E-state index is 12.6. The third kappa shape index (κ3) is 2.32. The molecule has 0 aromatic carbocycles. The second kappa shape index (κ2) is 5.86. The number of hydrogen-bond donors (Lipinski definition) is 1. The molecule has 0 bridgehead atoms. The predicted molar refractivity (Wildman–Crippen MR) is 94.8 cm³/mol. The quantitative estimate of drug-likeness (QED) is 0.777. The largest absolute Gasteiger partial charge is 0.332 e. The van der Waals surface area contributed by atoms with Crippen molar-refractivity contribution in [3.63, 3.8) is 0 Å². The van der Waals surface area contributed by atoms with Gasteiger partial charge in [-0.3, -0.25) is 18.3 Å². The normalized spacial score (nSPS) is 16.4. The first-order valence-corrected chi connectivity index (χ1v) is 9.24. The zero-order chi connectivity index (χ0) is 16.8. The number of rotatable bonds is 3. The molecule has 7 nitrogen and oxygen atoms in total. The van der Waals surface area contributed by atoms with Crippen molar-refractivity contribution in [3.8, 4) is 0 Å². The zero-order valence-corrected chi connectivity index (χ0v) is 14.7. The Balaban J connectivity index is 1.80. The topological polar surface area (TPSA) is 73.3 Å². The standard InChI is InChI=1S/C16H21N5O2S/c1-19-13-12(14(22)20(2)16(19)23)21-11(9-24-15(21)18-13)8-17-10-6-4-3-5-7-10/h9-10,17H,3-8H2,1-2H3. The van der Waals surface area contributed by atoms with E-state index in [-0.39, 0.29) is 11.2 Å². The van der Waals surface area contributed by atoms with Gasteiger partial charge in [-0.2, -0.15) is 0 Å². The van der Waals surface area contributed by atoms with Crippen molar-refractivity contribution in [1.82, 2.24) is 23.8 Å². The fraction of sp³-hybridized carbons (Fsp3) is 0.562. The van der Waals surface area contributed by atoms with Crippen molar-refractivity contribution < 1.29 is 0 Å². The van der Waals surface area contributed by atoms with Gasteiger partial charge in [-0.05, 0) is 12.8 Å². The Labute approximate surface area is 142 Å². The molecule has 0 saturated heterocycles. The SMILES string of the molecule is Cn1c(=O)c2c(nc3scc(CNC4CCCCC4)n32)n(C)c1=O. The molecule has 3 heterocycles. The Morgan fingerprint density at radius 3 is 2.71 bits per heavy atom. The molecule has 3 aromatic rings. The number of hydrogen-bond acceptors (Lipinski definition) is 5. The van der Waals surface area contributed by atoms with Gasteiger partial charge in [-0.15, -0.1) is 11.3 Å². The number of imidazole rings is 1. The maximum absolute atomic E-state index is 12.6. The lowest BCUT2D eigenvalue weighted by Gasteiger charge is -2.22. The Morgan fingerprint density at radius 1 is 1.21 bits per heavy atom. The van der Waals surface area contributed by atoms with Gasteiger partial charge >= 0.3 is 5.69 Å². The molecule has 0 radical (unpaired) electrons. The Morgan fingerprint density at radius 2 is 1.96 bits per heavy atom. The Hall–Kier alpha value is -1.93. The molecule has 0 amide bonds. The summed E-state index contributed by atoms with van der Waals surface area (Å²) in [5.74, 6) is 0. The van der Waals surface area contributed by atoms with Crippen molar-refractivity contribution in [2.24, 2.45) is 14.1 Å². The minimum Gasteiger partial charge on any atom is -0.308 e. The highest BCUT2D eigenvalue weighted by Gasteiger charge is 2.19. The minimum atomic E-state index is -0.347. The molecule has 0 unspecified atom stereocenters. The first-order valence-electron chi connectivity index (χ1n) is 8.36. The molecule has 1 aliphatic carbocycles. The van der Waals surface area contributed by atoms with Gasteiger partial charge < -0.3 is 5.32 Å². The summed E-state index contributed by atoms with van der Waals surface area (Å²) >= 11 is 1.50. The average molecular weight is 347 g/mol. The lowest BCUT2D eigenvalue weighted by molar-refractivity contribution is 0.371. The molecular formula is C16H21N5O2S. The molecule has 8 heteroatoms. The third-order valence-electron chi connectivity index (χ3n) is 4.99. The molecule has 0 atom stereocenters. The van der Waals surface area contributed by atoms with Crippen LogP contribution < -0.4 is 16.6 Å². The number of nitrogens with zero attached hydrogens (tertiary/aromatic N) is 4. The summed E-state index contributed by atoms with van der Waals surface area (Å²) in [5.41, 5.74) is 1.32. The fourth-order valence-corrected chi connectivity index (χ4v) is 4.45. The highest BCUT2D eigenvalue weighted by Crippen LogP contribution is 2.22. The van der Waals surface area contributed by atoms with Crippen molar-refractivity contribution in [3.05, 3.63) is 31.9 Å². The van der Waals surface area contributed by atoms with E-state index < -0.39 is 0 Å². The van der Waals surface area contributed by atoms with Crippen LogP contribution in [0.1, 0.15) is 37.8 Å². The van der Waals surface area contributed by atoms with Crippen LogP contribution in [0.4, 0.5) is 0 Å². The van der Waals surface area contributed by atoms with E-state index in [4.69, 9.17) is 0 Å². The van der Waals surface area contributed by atoms with E-state index in [1.165, 1.54) is 55.1 Å². The van der Waals surface area contributed by atoms with Crippen LogP contribution in [0.25, 0.3) is 16.1 Å². The van der Waals surface area contributed by atoms with Gasteiger partial charge in [0.1, 0.15) is 0 Å². The van der Waals surface area contributed by atoms with Crippen molar-refractivity contribution >= 4 is 27.5 Å². The molecule has 128 valence electrons. The maximum Gasteiger partial charge on any atom is 0.332 e. The van der Waals surface area contributed by atoms with Crippen LogP contribution in [0.15, 0.2) is 15.0 Å². The Kier molecular flexibility index (Phi) is 3.80. The minimum absolute atomic E-state index is 0.294. The summed E-state index contributed by atoms with van der Waals surface area (Å²) in [6, 6.07) is 0.552. The average Bonchev–Trinajstić information content (AvgIpc) is 3.16. The van der Waals surface area contributed by atoms with Gasteiger partial charge in [-0.1, -0.05) is 19.3 Å². The molecule has 1 saturated carbocycles. The summed E-state index contributed by atoms with van der Waals surface area (Å²) < 4.78 is 4.48. The van der Waals surface area contributed by atoms with Gasteiger partial charge in [0.05, 0.1) is 0 Å². The van der Waals surface area contributed by atoms with E-state index >= 15 is 0 Å². The molecule has 24 heavy (non-hydrogen) atoms. The zero-order valence-electron chi connectivity index (χ0n) is 13.9. The van der Waals surface area contributed by atoms with Crippen LogP contribution in [0.2, 0.25) is 0 Å². The lowest BCUT2D eigenvalue weighted by Crippen LogP contribution is -2.37. The van der Waals surface area contributed by atoms with E-state index in [9.17, 15) is 9.59 Å². The molecule has 3 aromatic heterocycles. The highest BCUT2D eigenvalue weighted by molar-refractivity contribution is 7.15. The van der Waals surface area contributed by atoms with E-state index in [0.717, 1.165) is 15.2 Å². The second-order valence-electron chi connectivity index (χ2n) is 6.55. The Bertz CT molecular complexity index is 1020. The van der Waals surface area contributed by atoms with Crippen LogP contribution in [0.3, 0.4) is 0 Å². The number of aryl methyl sites for hydroxylation is 1. The van der Waals surface area contributed by atoms with Crippen molar-refractivity contribution in [1.29, 1.82) is 0 Å². The summed E-state index contributed by atoms with van der Waals surface area (Å²) in [6.45, 7) is 0.710. The molecule has 1 aliphatic rings. The number of fused-ring (bicyclic) bond motifs is 3. The smallest absolute Gasteiger partial charge is 0.308 e. The van der Waals surface area contributed by atoms with E-state index in [0.29, 0.717) is 23.8 Å². The van der Waals surface area contributed by atoms with E-state index in [2.05, 4.69) is 10.3 Å². The molecule has 0 aliphatic heterocycles. The van der Waals surface area contributed by atoms with Crippen molar-refractivity contribution in [2.45, 2.75) is 44.7 Å². The predicted octanol–water partition coefficient (Wildman–Crippen LogP) is 1.37. The van der Waals surface area contributed by atoms with Crippen LogP contribution >= 0.6 is 11.3 Å². The summed E-state index contributed by atoms with van der Waals surface area (Å²) in [5, 5.41) is 5.66. The van der Waals surface area contributed by atoms with Crippen LogP contribution in [0.5, 0.6) is 0 Å². The van der Waals surface area contributed by atoms with Gasteiger partial charge in [0, 0.05) is 37.8 Å². The highest BCUT2D eigenvalue weighted by atomic mass is 32.1. The van der Waals surface area contributed by atoms with Crippen LogP contribution in [-0.2, 0) is 20.6 Å². The molecule has 4 rings (SSSR count). The summed E-state index contributed by atoms with van der Waals surface area (Å²) in [4.78, 5) is 29.9. The monoisotopic (exact) mass is 347 g/mol. The molecule has 1 fully saturated rings. The van der Waals surface area contributed by atoms with Crippen LogP contribution in [0, 0.1) is 0 Å². The van der Waals surface area contributed by atoms with Crippen molar-refractivity contribution in [2.75, 3.05) is 0 Å². The van der Waals surface area contributed by atoms with Gasteiger partial charge in [0.25, 0.3) is 5.56 Å². The van der Waals surface area contributed by atoms with E-state index in [1.807, 2.05) is 9.78 Å². The molecular weight excluding hydrogens is 326 g/mol. The number of aromatic nitrogens is 4. The van der Waals surface area contributed by atoms with Gasteiger partial charge in [0.2, 0.25) is 0 Å². The molecule has 0 spiro atoms.